The van der Waals surface area contributed by atoms with E-state index in [0.29, 0.717) is 36.1 Å². The van der Waals surface area contributed by atoms with Crippen LogP contribution in [0.1, 0.15) is 12.8 Å². The van der Waals surface area contributed by atoms with Gasteiger partial charge in [0.15, 0.2) is 11.5 Å². The van der Waals surface area contributed by atoms with Crippen LogP contribution in [0.25, 0.3) is 0 Å². The molecular formula is C18H21N3O5S. The van der Waals surface area contributed by atoms with E-state index in [4.69, 9.17) is 15.2 Å². The summed E-state index contributed by atoms with van der Waals surface area (Å²) in [5.74, 6) is 0.577. The molecule has 3 rings (SSSR count). The minimum absolute atomic E-state index is 0.0296. The van der Waals surface area contributed by atoms with Gasteiger partial charge in [-0.25, -0.2) is 13.1 Å². The SMILES string of the molecule is Nc1ccccc1NC(=O)CCNS(=O)(=O)c1ccc2c(c1)OCCCO2. The minimum Gasteiger partial charge on any atom is -0.490 e. The van der Waals surface area contributed by atoms with Crippen LogP contribution in [-0.2, 0) is 14.8 Å². The molecule has 1 heterocycles. The highest BCUT2D eigenvalue weighted by Gasteiger charge is 2.19. The van der Waals surface area contributed by atoms with Crippen molar-refractivity contribution in [2.75, 3.05) is 30.8 Å². The van der Waals surface area contributed by atoms with E-state index in [2.05, 4.69) is 10.0 Å². The Bertz CT molecular complexity index is 930. The highest BCUT2D eigenvalue weighted by Crippen LogP contribution is 2.31. The first-order valence-electron chi connectivity index (χ1n) is 8.49. The lowest BCUT2D eigenvalue weighted by Gasteiger charge is -2.11. The lowest BCUT2D eigenvalue weighted by molar-refractivity contribution is -0.116. The normalized spacial score (nSPS) is 13.6. The van der Waals surface area contributed by atoms with Crippen LogP contribution in [0.5, 0.6) is 11.5 Å². The summed E-state index contributed by atoms with van der Waals surface area (Å²) >= 11 is 0. The van der Waals surface area contributed by atoms with E-state index >= 15 is 0 Å². The Kier molecular flexibility index (Phi) is 5.82. The molecule has 0 saturated carbocycles. The highest BCUT2D eigenvalue weighted by molar-refractivity contribution is 7.89. The first kappa shape index (κ1) is 19.0. The average Bonchev–Trinajstić information content (AvgIpc) is 2.88. The lowest BCUT2D eigenvalue weighted by atomic mass is 10.2. The van der Waals surface area contributed by atoms with Crippen LogP contribution in [0.2, 0.25) is 0 Å². The molecule has 0 bridgehead atoms. The molecule has 1 amide bonds. The standard InChI is InChI=1S/C18H21N3O5S/c19-14-4-1-2-5-15(14)21-18(22)8-9-20-27(23,24)13-6-7-16-17(12-13)26-11-3-10-25-16/h1-2,4-7,12,20H,3,8-11,19H2,(H,21,22). The number of para-hydroxylation sites is 2. The van der Waals surface area contributed by atoms with Gasteiger partial charge in [0.25, 0.3) is 0 Å². The molecule has 144 valence electrons. The maximum absolute atomic E-state index is 12.4. The van der Waals surface area contributed by atoms with Crippen LogP contribution in [0.3, 0.4) is 0 Å². The fourth-order valence-electron chi connectivity index (χ4n) is 2.52. The summed E-state index contributed by atoms with van der Waals surface area (Å²) < 4.78 is 38.3. The summed E-state index contributed by atoms with van der Waals surface area (Å²) in [4.78, 5) is 12.0. The van der Waals surface area contributed by atoms with Crippen LogP contribution < -0.4 is 25.2 Å². The third-order valence-corrected chi connectivity index (χ3v) is 5.37. The Labute approximate surface area is 157 Å². The van der Waals surface area contributed by atoms with Crippen molar-refractivity contribution in [3.05, 3.63) is 42.5 Å². The number of rotatable bonds is 6. The molecule has 0 aliphatic carbocycles. The number of hydrogen-bond acceptors (Lipinski definition) is 6. The van der Waals surface area contributed by atoms with Gasteiger partial charge in [-0.3, -0.25) is 4.79 Å². The second kappa shape index (κ2) is 8.28. The van der Waals surface area contributed by atoms with Crippen LogP contribution in [0.4, 0.5) is 11.4 Å². The quantitative estimate of drug-likeness (QED) is 0.645. The number of ether oxygens (including phenoxy) is 2. The van der Waals surface area contributed by atoms with Crippen LogP contribution in [0, 0.1) is 0 Å². The lowest BCUT2D eigenvalue weighted by Crippen LogP contribution is -2.28. The number of fused-ring (bicyclic) bond motifs is 1. The molecule has 9 heteroatoms. The zero-order chi connectivity index (χ0) is 19.3. The van der Waals surface area contributed by atoms with Crippen molar-refractivity contribution in [1.82, 2.24) is 4.72 Å². The Balaban J connectivity index is 1.58. The summed E-state index contributed by atoms with van der Waals surface area (Å²) in [5.41, 5.74) is 6.70. The zero-order valence-corrected chi connectivity index (χ0v) is 15.4. The molecule has 0 radical (unpaired) electrons. The number of carbonyl (C=O) groups excluding carboxylic acids is 1. The summed E-state index contributed by atoms with van der Waals surface area (Å²) in [6, 6.07) is 11.3. The van der Waals surface area contributed by atoms with Gasteiger partial charge in [-0.1, -0.05) is 12.1 Å². The summed E-state index contributed by atoms with van der Waals surface area (Å²) in [5, 5.41) is 2.65. The molecule has 0 saturated heterocycles. The molecule has 8 nitrogen and oxygen atoms in total. The van der Waals surface area contributed by atoms with E-state index in [-0.39, 0.29) is 23.8 Å². The zero-order valence-electron chi connectivity index (χ0n) is 14.6. The summed E-state index contributed by atoms with van der Waals surface area (Å²) in [6.45, 7) is 0.945. The number of hydrogen-bond donors (Lipinski definition) is 3. The predicted molar refractivity (Wildman–Crippen MR) is 101 cm³/mol. The van der Waals surface area contributed by atoms with E-state index < -0.39 is 10.0 Å². The van der Waals surface area contributed by atoms with Crippen molar-refractivity contribution in [2.45, 2.75) is 17.7 Å². The van der Waals surface area contributed by atoms with Crippen molar-refractivity contribution in [1.29, 1.82) is 0 Å². The Morgan fingerprint density at radius 2 is 1.81 bits per heavy atom. The molecule has 1 aliphatic rings. The molecule has 0 fully saturated rings. The topological polar surface area (TPSA) is 120 Å². The van der Waals surface area contributed by atoms with E-state index in [0.717, 1.165) is 6.42 Å². The maximum Gasteiger partial charge on any atom is 0.240 e. The Morgan fingerprint density at radius 3 is 2.59 bits per heavy atom. The van der Waals surface area contributed by atoms with Gasteiger partial charge in [0.2, 0.25) is 15.9 Å². The van der Waals surface area contributed by atoms with Crippen molar-refractivity contribution in [2.24, 2.45) is 0 Å². The molecule has 0 aromatic heterocycles. The average molecular weight is 391 g/mol. The second-order valence-electron chi connectivity index (χ2n) is 5.94. The fourth-order valence-corrected chi connectivity index (χ4v) is 3.56. The largest absolute Gasteiger partial charge is 0.490 e. The number of nitrogen functional groups attached to an aromatic ring is 1. The number of nitrogens with two attached hydrogens (primary N) is 1. The minimum atomic E-state index is -3.77. The second-order valence-corrected chi connectivity index (χ2v) is 7.71. The molecule has 2 aromatic carbocycles. The van der Waals surface area contributed by atoms with Crippen LogP contribution in [0.15, 0.2) is 47.4 Å². The number of benzene rings is 2. The summed E-state index contributed by atoms with van der Waals surface area (Å²) in [6.07, 6.45) is 0.703. The molecule has 27 heavy (non-hydrogen) atoms. The van der Waals surface area contributed by atoms with E-state index in [1.807, 2.05) is 0 Å². The fraction of sp³-hybridized carbons (Fsp3) is 0.278. The van der Waals surface area contributed by atoms with Gasteiger partial charge < -0.3 is 20.5 Å². The van der Waals surface area contributed by atoms with Gasteiger partial charge in [0, 0.05) is 25.5 Å². The van der Waals surface area contributed by atoms with E-state index in [1.165, 1.54) is 12.1 Å². The van der Waals surface area contributed by atoms with Crippen molar-refractivity contribution < 1.29 is 22.7 Å². The van der Waals surface area contributed by atoms with Gasteiger partial charge in [-0.15, -0.1) is 0 Å². The van der Waals surface area contributed by atoms with Crippen molar-refractivity contribution in [3.8, 4) is 11.5 Å². The number of amides is 1. The molecular weight excluding hydrogens is 370 g/mol. The molecule has 0 atom stereocenters. The van der Waals surface area contributed by atoms with Gasteiger partial charge >= 0.3 is 0 Å². The maximum atomic E-state index is 12.4. The van der Waals surface area contributed by atoms with Crippen LogP contribution in [-0.4, -0.2) is 34.1 Å². The first-order chi connectivity index (χ1) is 13.0. The van der Waals surface area contributed by atoms with Crippen molar-refractivity contribution in [3.63, 3.8) is 0 Å². The molecule has 1 aliphatic heterocycles. The predicted octanol–water partition coefficient (Wildman–Crippen LogP) is 1.74. The molecule has 0 unspecified atom stereocenters. The number of anilines is 2. The third kappa shape index (κ3) is 4.89. The van der Waals surface area contributed by atoms with Gasteiger partial charge in [-0.05, 0) is 24.3 Å². The number of carbonyl (C=O) groups is 1. The third-order valence-electron chi connectivity index (χ3n) is 3.91. The van der Waals surface area contributed by atoms with Crippen molar-refractivity contribution >= 4 is 27.3 Å². The number of sulfonamides is 1. The molecule has 2 aromatic rings. The van der Waals surface area contributed by atoms with Gasteiger partial charge in [0.1, 0.15) is 0 Å². The molecule has 4 N–H and O–H groups in total. The van der Waals surface area contributed by atoms with Gasteiger partial charge in [0.05, 0.1) is 29.5 Å². The Morgan fingerprint density at radius 1 is 1.07 bits per heavy atom. The highest BCUT2D eigenvalue weighted by atomic mass is 32.2. The van der Waals surface area contributed by atoms with E-state index in [9.17, 15) is 13.2 Å². The first-order valence-corrected chi connectivity index (χ1v) is 9.98. The Hall–Kier alpha value is -2.78. The smallest absolute Gasteiger partial charge is 0.240 e. The van der Waals surface area contributed by atoms with Gasteiger partial charge in [-0.2, -0.15) is 0 Å². The number of nitrogens with one attached hydrogen (secondary N) is 2. The van der Waals surface area contributed by atoms with E-state index in [1.54, 1.807) is 30.3 Å². The monoisotopic (exact) mass is 391 g/mol. The summed E-state index contributed by atoms with van der Waals surface area (Å²) in [7, 11) is -3.77. The molecule has 0 spiro atoms. The van der Waals surface area contributed by atoms with Crippen LogP contribution >= 0.6 is 0 Å².